The van der Waals surface area contributed by atoms with Crippen LogP contribution in [0.2, 0.25) is 0 Å². The molecule has 1 aromatic rings. The van der Waals surface area contributed by atoms with E-state index >= 15 is 0 Å². The Labute approximate surface area is 108 Å². The molecule has 0 bridgehead atoms. The van der Waals surface area contributed by atoms with Crippen molar-refractivity contribution in [2.45, 2.75) is 25.3 Å². The van der Waals surface area contributed by atoms with Crippen molar-refractivity contribution in [1.82, 2.24) is 0 Å². The van der Waals surface area contributed by atoms with Crippen molar-refractivity contribution in [3.8, 4) is 0 Å². The molecule has 0 atom stereocenters. The normalized spacial score (nSPS) is 15.1. The first-order valence-corrected chi connectivity index (χ1v) is 6.06. The van der Waals surface area contributed by atoms with Crippen molar-refractivity contribution in [1.29, 1.82) is 0 Å². The van der Waals surface area contributed by atoms with E-state index in [9.17, 15) is 18.9 Å². The maximum absolute atomic E-state index is 13.9. The molecule has 0 aromatic heterocycles. The van der Waals surface area contributed by atoms with E-state index in [0.717, 1.165) is 31.4 Å². The lowest BCUT2D eigenvalue weighted by atomic mass is 9.91. The average Bonchev–Trinajstić information content (AvgIpc) is 2.29. The molecule has 1 N–H and O–H groups in total. The topological polar surface area (TPSA) is 66.6 Å². The lowest BCUT2D eigenvalue weighted by Gasteiger charge is -2.38. The van der Waals surface area contributed by atoms with Gasteiger partial charge in [0.05, 0.1) is 11.5 Å². The molecule has 0 spiro atoms. The van der Waals surface area contributed by atoms with Gasteiger partial charge in [-0.1, -0.05) is 0 Å². The molecule has 2 rings (SSSR count). The van der Waals surface area contributed by atoms with E-state index in [1.807, 2.05) is 0 Å². The highest BCUT2D eigenvalue weighted by molar-refractivity contribution is 5.65. The van der Waals surface area contributed by atoms with E-state index in [4.69, 9.17) is 5.11 Å². The number of benzene rings is 1. The summed E-state index contributed by atoms with van der Waals surface area (Å²) in [5.74, 6) is -2.35. The molecule has 1 aromatic carbocycles. The largest absolute Gasteiger partial charge is 0.395 e. The van der Waals surface area contributed by atoms with Gasteiger partial charge in [0.15, 0.2) is 17.3 Å². The van der Waals surface area contributed by atoms with Gasteiger partial charge >= 0.3 is 0 Å². The fourth-order valence-corrected chi connectivity index (χ4v) is 2.23. The van der Waals surface area contributed by atoms with Crippen LogP contribution in [0.15, 0.2) is 12.1 Å². The van der Waals surface area contributed by atoms with Crippen LogP contribution in [0, 0.1) is 21.7 Å². The first-order valence-electron chi connectivity index (χ1n) is 6.06. The molecule has 1 aliphatic carbocycles. The minimum Gasteiger partial charge on any atom is -0.395 e. The Kier molecular flexibility index (Phi) is 3.94. The standard InChI is InChI=1S/C12H14F2N2O3/c13-9-4-5-10(16(18)19)12(11(9)14)15(6-7-17)8-2-1-3-8/h4-5,8,17H,1-3,6-7H2. The summed E-state index contributed by atoms with van der Waals surface area (Å²) in [6.45, 7) is -0.227. The SMILES string of the molecule is O=[N+]([O-])c1ccc(F)c(F)c1N(CCO)C1CCC1. The van der Waals surface area contributed by atoms with Crippen LogP contribution in [0.1, 0.15) is 19.3 Å². The molecule has 0 radical (unpaired) electrons. The van der Waals surface area contributed by atoms with Gasteiger partial charge in [-0.15, -0.1) is 0 Å². The van der Waals surface area contributed by atoms with Gasteiger partial charge in [0.2, 0.25) is 0 Å². The number of nitrogens with zero attached hydrogens (tertiary/aromatic N) is 2. The zero-order valence-electron chi connectivity index (χ0n) is 10.2. The van der Waals surface area contributed by atoms with Crippen molar-refractivity contribution in [3.63, 3.8) is 0 Å². The highest BCUT2D eigenvalue weighted by Gasteiger charge is 2.33. The highest BCUT2D eigenvalue weighted by atomic mass is 19.2. The summed E-state index contributed by atoms with van der Waals surface area (Å²) in [5.41, 5.74) is -0.831. The third kappa shape index (κ3) is 2.51. The molecule has 1 saturated carbocycles. The van der Waals surface area contributed by atoms with E-state index in [2.05, 4.69) is 0 Å². The molecule has 0 amide bonds. The summed E-state index contributed by atoms with van der Waals surface area (Å²) in [4.78, 5) is 11.6. The van der Waals surface area contributed by atoms with Crippen LogP contribution < -0.4 is 4.90 Å². The fourth-order valence-electron chi connectivity index (χ4n) is 2.23. The van der Waals surface area contributed by atoms with Crippen LogP contribution >= 0.6 is 0 Å². The molecule has 0 unspecified atom stereocenters. The lowest BCUT2D eigenvalue weighted by Crippen LogP contribution is -2.42. The molecule has 0 saturated heterocycles. The quantitative estimate of drug-likeness (QED) is 0.659. The van der Waals surface area contributed by atoms with E-state index in [0.29, 0.717) is 0 Å². The van der Waals surface area contributed by atoms with Crippen LogP contribution in [0.5, 0.6) is 0 Å². The van der Waals surface area contributed by atoms with Crippen molar-refractivity contribution in [3.05, 3.63) is 33.9 Å². The van der Waals surface area contributed by atoms with E-state index < -0.39 is 22.2 Å². The number of anilines is 1. The number of aliphatic hydroxyl groups is 1. The maximum Gasteiger partial charge on any atom is 0.295 e. The maximum atomic E-state index is 13.9. The van der Waals surface area contributed by atoms with Crippen LogP contribution in [0.4, 0.5) is 20.2 Å². The zero-order chi connectivity index (χ0) is 14.0. The van der Waals surface area contributed by atoms with Crippen LogP contribution in [-0.2, 0) is 0 Å². The van der Waals surface area contributed by atoms with Crippen LogP contribution in [0.25, 0.3) is 0 Å². The Hall–Kier alpha value is -1.76. The lowest BCUT2D eigenvalue weighted by molar-refractivity contribution is -0.384. The van der Waals surface area contributed by atoms with Gasteiger partial charge in [-0.3, -0.25) is 10.1 Å². The van der Waals surface area contributed by atoms with Gasteiger partial charge in [-0.2, -0.15) is 0 Å². The van der Waals surface area contributed by atoms with E-state index in [-0.39, 0.29) is 24.9 Å². The van der Waals surface area contributed by atoms with Crippen molar-refractivity contribution < 1.29 is 18.8 Å². The Balaban J connectivity index is 2.49. The van der Waals surface area contributed by atoms with Crippen LogP contribution in [0.3, 0.4) is 0 Å². The Morgan fingerprint density at radius 3 is 2.58 bits per heavy atom. The van der Waals surface area contributed by atoms with Gasteiger partial charge in [0.1, 0.15) is 0 Å². The van der Waals surface area contributed by atoms with Crippen molar-refractivity contribution >= 4 is 11.4 Å². The number of nitro benzene ring substituents is 1. The second-order valence-electron chi connectivity index (χ2n) is 4.49. The van der Waals surface area contributed by atoms with E-state index in [1.54, 1.807) is 0 Å². The highest BCUT2D eigenvalue weighted by Crippen LogP contribution is 2.37. The first kappa shape index (κ1) is 13.7. The summed E-state index contributed by atoms with van der Waals surface area (Å²) in [6.07, 6.45) is 2.46. The van der Waals surface area contributed by atoms with Gasteiger partial charge in [0.25, 0.3) is 5.69 Å². The van der Waals surface area contributed by atoms with Gasteiger partial charge < -0.3 is 10.0 Å². The second-order valence-corrected chi connectivity index (χ2v) is 4.49. The number of hydrogen-bond acceptors (Lipinski definition) is 4. The van der Waals surface area contributed by atoms with Gasteiger partial charge in [-0.05, 0) is 25.3 Å². The number of halogens is 2. The predicted molar refractivity (Wildman–Crippen MR) is 65.1 cm³/mol. The molecule has 104 valence electrons. The predicted octanol–water partition coefficient (Wildman–Crippen LogP) is 2.22. The molecule has 5 nitrogen and oxygen atoms in total. The molecule has 0 aliphatic heterocycles. The van der Waals surface area contributed by atoms with Gasteiger partial charge in [0, 0.05) is 18.7 Å². The van der Waals surface area contributed by atoms with Crippen molar-refractivity contribution in [2.24, 2.45) is 0 Å². The van der Waals surface area contributed by atoms with Crippen molar-refractivity contribution in [2.75, 3.05) is 18.1 Å². The molecule has 0 heterocycles. The fraction of sp³-hybridized carbons (Fsp3) is 0.500. The zero-order valence-corrected chi connectivity index (χ0v) is 10.2. The third-order valence-electron chi connectivity index (χ3n) is 3.39. The third-order valence-corrected chi connectivity index (χ3v) is 3.39. The minimum absolute atomic E-state index is 0.0475. The number of hydrogen-bond donors (Lipinski definition) is 1. The number of aliphatic hydroxyl groups excluding tert-OH is 1. The first-order chi connectivity index (χ1) is 9.06. The Morgan fingerprint density at radius 1 is 1.42 bits per heavy atom. The molecule has 1 fully saturated rings. The minimum atomic E-state index is -1.23. The smallest absolute Gasteiger partial charge is 0.295 e. The number of nitro groups is 1. The summed E-state index contributed by atoms with van der Waals surface area (Å²) in [6, 6.07) is 1.62. The molecule has 7 heteroatoms. The Morgan fingerprint density at radius 2 is 2.11 bits per heavy atom. The second kappa shape index (κ2) is 5.48. The van der Waals surface area contributed by atoms with Gasteiger partial charge in [-0.25, -0.2) is 8.78 Å². The molecule has 19 heavy (non-hydrogen) atoms. The van der Waals surface area contributed by atoms with Crippen LogP contribution in [-0.4, -0.2) is 29.2 Å². The molecular weight excluding hydrogens is 258 g/mol. The summed E-state index contributed by atoms with van der Waals surface area (Å²) in [5, 5.41) is 20.0. The summed E-state index contributed by atoms with van der Waals surface area (Å²) >= 11 is 0. The Bertz CT molecular complexity index is 492. The number of rotatable bonds is 5. The molecule has 1 aliphatic rings. The monoisotopic (exact) mass is 272 g/mol. The molecular formula is C12H14F2N2O3. The average molecular weight is 272 g/mol. The van der Waals surface area contributed by atoms with E-state index in [1.165, 1.54) is 4.90 Å². The summed E-state index contributed by atoms with van der Waals surface area (Å²) in [7, 11) is 0. The summed E-state index contributed by atoms with van der Waals surface area (Å²) < 4.78 is 27.2.